The van der Waals surface area contributed by atoms with Crippen molar-refractivity contribution in [3.8, 4) is 17.0 Å². The molecular formula is C25H32N4O2. The predicted molar refractivity (Wildman–Crippen MR) is 123 cm³/mol. The normalized spacial score (nSPS) is 15.6. The van der Waals surface area contributed by atoms with Gasteiger partial charge >= 0.3 is 0 Å². The number of nitrogens with zero attached hydrogens (tertiary/aromatic N) is 2. The molecule has 1 fully saturated rings. The van der Waals surface area contributed by atoms with Crippen LogP contribution >= 0.6 is 0 Å². The van der Waals surface area contributed by atoms with E-state index in [9.17, 15) is 5.11 Å². The van der Waals surface area contributed by atoms with Crippen LogP contribution in [0.1, 0.15) is 30.5 Å². The molecule has 3 N–H and O–H groups in total. The van der Waals surface area contributed by atoms with Gasteiger partial charge in [-0.05, 0) is 38.1 Å². The molecule has 1 saturated heterocycles. The smallest absolute Gasteiger partial charge is 0.123 e. The highest BCUT2D eigenvalue weighted by Gasteiger charge is 2.15. The summed E-state index contributed by atoms with van der Waals surface area (Å²) < 4.78 is 5.97. The van der Waals surface area contributed by atoms with Crippen molar-refractivity contribution in [3.63, 3.8) is 0 Å². The predicted octanol–water partition coefficient (Wildman–Crippen LogP) is 3.59. The third-order valence-electron chi connectivity index (χ3n) is 5.65. The number of aliphatic hydroxyl groups is 1. The first-order chi connectivity index (χ1) is 15.3. The molecule has 1 aliphatic rings. The first-order valence-electron chi connectivity index (χ1n) is 11.2. The molecule has 0 bridgehead atoms. The summed E-state index contributed by atoms with van der Waals surface area (Å²) in [5.41, 5.74) is 4.17. The minimum Gasteiger partial charge on any atom is -0.491 e. The molecule has 164 valence electrons. The van der Waals surface area contributed by atoms with Crippen LogP contribution in [0.3, 0.4) is 0 Å². The number of aromatic nitrogens is 2. The summed E-state index contributed by atoms with van der Waals surface area (Å²) in [6.07, 6.45) is 3.28. The molecule has 4 rings (SSSR count). The molecule has 2 aromatic carbocycles. The topological polar surface area (TPSA) is 73.4 Å². The van der Waals surface area contributed by atoms with Gasteiger partial charge in [-0.1, -0.05) is 55.0 Å². The van der Waals surface area contributed by atoms with Crippen molar-refractivity contribution in [3.05, 3.63) is 71.9 Å². The van der Waals surface area contributed by atoms with Gasteiger partial charge in [-0.3, -0.25) is 5.10 Å². The Morgan fingerprint density at radius 3 is 2.61 bits per heavy atom. The maximum Gasteiger partial charge on any atom is 0.123 e. The van der Waals surface area contributed by atoms with Gasteiger partial charge in [0.05, 0.1) is 5.69 Å². The van der Waals surface area contributed by atoms with E-state index >= 15 is 0 Å². The number of aliphatic hydroxyl groups excluding tert-OH is 1. The fraction of sp³-hybridized carbons (Fsp3) is 0.400. The molecule has 1 atom stereocenters. The Morgan fingerprint density at radius 2 is 1.77 bits per heavy atom. The van der Waals surface area contributed by atoms with Crippen molar-refractivity contribution < 1.29 is 9.84 Å². The average molecular weight is 421 g/mol. The minimum absolute atomic E-state index is 0.314. The van der Waals surface area contributed by atoms with Crippen molar-refractivity contribution >= 4 is 0 Å². The summed E-state index contributed by atoms with van der Waals surface area (Å²) in [6, 6.07) is 20.2. The second-order valence-electron chi connectivity index (χ2n) is 8.18. The van der Waals surface area contributed by atoms with Gasteiger partial charge in [-0.2, -0.15) is 5.10 Å². The van der Waals surface area contributed by atoms with E-state index in [1.165, 1.54) is 19.3 Å². The second-order valence-corrected chi connectivity index (χ2v) is 8.18. The summed E-state index contributed by atoms with van der Waals surface area (Å²) in [5, 5.41) is 21.3. The number of hydrogen-bond acceptors (Lipinski definition) is 5. The summed E-state index contributed by atoms with van der Waals surface area (Å²) in [7, 11) is 0. The Morgan fingerprint density at radius 1 is 1.00 bits per heavy atom. The Hall–Kier alpha value is -2.67. The van der Waals surface area contributed by atoms with Crippen molar-refractivity contribution in [2.24, 2.45) is 0 Å². The maximum atomic E-state index is 10.4. The van der Waals surface area contributed by atoms with E-state index in [1.54, 1.807) is 0 Å². The van der Waals surface area contributed by atoms with Gasteiger partial charge in [-0.25, -0.2) is 0 Å². The average Bonchev–Trinajstić information content (AvgIpc) is 3.29. The number of piperidine rings is 1. The Labute approximate surface area is 184 Å². The van der Waals surface area contributed by atoms with Gasteiger partial charge in [0, 0.05) is 36.5 Å². The van der Waals surface area contributed by atoms with Crippen molar-refractivity contribution in [1.82, 2.24) is 20.4 Å². The first-order valence-corrected chi connectivity index (χ1v) is 11.2. The quantitative estimate of drug-likeness (QED) is 0.467. The van der Waals surface area contributed by atoms with Gasteiger partial charge < -0.3 is 20.1 Å². The largest absolute Gasteiger partial charge is 0.491 e. The summed E-state index contributed by atoms with van der Waals surface area (Å²) in [6.45, 7) is 4.52. The van der Waals surface area contributed by atoms with Crippen LogP contribution in [0.5, 0.6) is 5.75 Å². The van der Waals surface area contributed by atoms with Gasteiger partial charge in [0.15, 0.2) is 0 Å². The molecule has 0 spiro atoms. The number of likely N-dealkylation sites (tertiary alicyclic amines) is 1. The van der Waals surface area contributed by atoms with E-state index < -0.39 is 6.10 Å². The van der Waals surface area contributed by atoms with Crippen LogP contribution in [0.4, 0.5) is 0 Å². The number of hydrogen-bond donors (Lipinski definition) is 3. The Balaban J connectivity index is 1.25. The monoisotopic (exact) mass is 420 g/mol. The molecule has 1 aromatic heterocycles. The zero-order valence-corrected chi connectivity index (χ0v) is 18.0. The molecule has 0 amide bonds. The number of aromatic amines is 1. The molecule has 2 heterocycles. The number of para-hydroxylation sites is 1. The number of β-amino-alcohol motifs (C(OH)–C–C–N with tert-alkyl or cyclic N) is 1. The number of benzene rings is 2. The standard InChI is InChI=1S/C25H32N4O2/c30-23(18-29-13-7-2-8-14-29)19-31-25-12-6-5-11-21(25)16-26-17-22-15-24(28-27-22)20-9-3-1-4-10-20/h1,3-6,9-12,15,23,26,30H,2,7-8,13-14,16-19H2,(H,27,28). The molecule has 0 aliphatic carbocycles. The van der Waals surface area contributed by atoms with Crippen LogP contribution in [0, 0.1) is 0 Å². The van der Waals surface area contributed by atoms with E-state index in [-0.39, 0.29) is 0 Å². The van der Waals surface area contributed by atoms with Gasteiger partial charge in [0.25, 0.3) is 0 Å². The van der Waals surface area contributed by atoms with Gasteiger partial charge in [0.1, 0.15) is 18.5 Å². The molecule has 0 radical (unpaired) electrons. The van der Waals surface area contributed by atoms with Gasteiger partial charge in [0.2, 0.25) is 0 Å². The third-order valence-corrected chi connectivity index (χ3v) is 5.65. The molecule has 0 saturated carbocycles. The number of rotatable bonds is 10. The van der Waals surface area contributed by atoms with Crippen molar-refractivity contribution in [1.29, 1.82) is 0 Å². The zero-order valence-electron chi connectivity index (χ0n) is 18.0. The third kappa shape index (κ3) is 6.40. The van der Waals surface area contributed by atoms with Crippen LogP contribution in [-0.4, -0.2) is 52.5 Å². The van der Waals surface area contributed by atoms with Crippen molar-refractivity contribution in [2.45, 2.75) is 38.5 Å². The molecule has 31 heavy (non-hydrogen) atoms. The van der Waals surface area contributed by atoms with Crippen LogP contribution in [0.25, 0.3) is 11.3 Å². The van der Waals surface area contributed by atoms with Crippen LogP contribution in [0.15, 0.2) is 60.7 Å². The fourth-order valence-electron chi connectivity index (χ4n) is 4.01. The second kappa shape index (κ2) is 11.1. The number of H-pyrrole nitrogens is 1. The summed E-state index contributed by atoms with van der Waals surface area (Å²) in [4.78, 5) is 2.33. The Kier molecular flexibility index (Phi) is 7.71. The lowest BCUT2D eigenvalue weighted by molar-refractivity contribution is 0.0614. The van der Waals surface area contributed by atoms with Gasteiger partial charge in [-0.15, -0.1) is 0 Å². The van der Waals surface area contributed by atoms with E-state index in [0.29, 0.717) is 26.2 Å². The highest BCUT2D eigenvalue weighted by molar-refractivity contribution is 5.58. The molecule has 6 nitrogen and oxygen atoms in total. The van der Waals surface area contributed by atoms with E-state index in [0.717, 1.165) is 41.4 Å². The fourth-order valence-corrected chi connectivity index (χ4v) is 4.01. The van der Waals surface area contributed by atoms with Crippen LogP contribution < -0.4 is 10.1 Å². The molecule has 6 heteroatoms. The van der Waals surface area contributed by atoms with Crippen LogP contribution in [0.2, 0.25) is 0 Å². The number of ether oxygens (including phenoxy) is 1. The maximum absolute atomic E-state index is 10.4. The minimum atomic E-state index is -0.472. The van der Waals surface area contributed by atoms with Crippen LogP contribution in [-0.2, 0) is 13.1 Å². The van der Waals surface area contributed by atoms with E-state index in [2.05, 4.69) is 44.7 Å². The van der Waals surface area contributed by atoms with E-state index in [4.69, 9.17) is 4.74 Å². The first kappa shape index (κ1) is 21.6. The summed E-state index contributed by atoms with van der Waals surface area (Å²) in [5.74, 6) is 0.822. The lowest BCUT2D eigenvalue weighted by Gasteiger charge is -2.28. The van der Waals surface area contributed by atoms with E-state index in [1.807, 2.05) is 36.4 Å². The highest BCUT2D eigenvalue weighted by atomic mass is 16.5. The molecular weight excluding hydrogens is 388 g/mol. The number of nitrogens with one attached hydrogen (secondary N) is 2. The zero-order chi connectivity index (χ0) is 21.3. The SMILES string of the molecule is OC(COc1ccccc1CNCc1cc(-c2ccccc2)n[nH]1)CN1CCCCC1. The van der Waals surface area contributed by atoms with Crippen molar-refractivity contribution in [2.75, 3.05) is 26.2 Å². The molecule has 1 unspecified atom stereocenters. The molecule has 1 aliphatic heterocycles. The lowest BCUT2D eigenvalue weighted by atomic mass is 10.1. The summed E-state index contributed by atoms with van der Waals surface area (Å²) >= 11 is 0. The molecule has 3 aromatic rings. The highest BCUT2D eigenvalue weighted by Crippen LogP contribution is 2.19. The lowest BCUT2D eigenvalue weighted by Crippen LogP contribution is -2.38. The Bertz CT molecular complexity index is 922.